The molecule has 0 bridgehead atoms. The Morgan fingerprint density at radius 1 is 1.55 bits per heavy atom. The van der Waals surface area contributed by atoms with Gasteiger partial charge in [0.2, 0.25) is 0 Å². The largest absolute Gasteiger partial charge is 0.347 e. The third kappa shape index (κ3) is 4.06. The van der Waals surface area contributed by atoms with Gasteiger partial charge in [-0.1, -0.05) is 13.8 Å². The first-order valence-electron chi connectivity index (χ1n) is 6.74. The van der Waals surface area contributed by atoms with E-state index in [1.807, 2.05) is 20.8 Å². The van der Waals surface area contributed by atoms with E-state index in [1.165, 1.54) is 12.3 Å². The molecule has 0 saturated heterocycles. The van der Waals surface area contributed by atoms with E-state index in [0.29, 0.717) is 24.7 Å². The summed E-state index contributed by atoms with van der Waals surface area (Å²) in [6.07, 6.45) is 2.14. The molecule has 3 N–H and O–H groups in total. The van der Waals surface area contributed by atoms with Crippen molar-refractivity contribution in [3.05, 3.63) is 28.1 Å². The van der Waals surface area contributed by atoms with Crippen LogP contribution in [0.1, 0.15) is 37.7 Å². The number of aryl methyl sites for hydroxylation is 1. The van der Waals surface area contributed by atoms with Crippen LogP contribution in [0.25, 0.3) is 0 Å². The van der Waals surface area contributed by atoms with E-state index in [9.17, 15) is 14.9 Å². The summed E-state index contributed by atoms with van der Waals surface area (Å²) >= 11 is 0. The molecule has 1 unspecified atom stereocenters. The maximum absolute atomic E-state index is 12.2. The van der Waals surface area contributed by atoms with E-state index in [1.54, 1.807) is 4.57 Å². The van der Waals surface area contributed by atoms with E-state index >= 15 is 0 Å². The average Bonchev–Trinajstić information content (AvgIpc) is 2.81. The SMILES string of the molecule is CCn1cc([N+](=O)[O-])cc1C(=O)NC(CN)CC(C)C. The maximum Gasteiger partial charge on any atom is 0.287 e. The Hall–Kier alpha value is -1.89. The van der Waals surface area contributed by atoms with Gasteiger partial charge in [-0.05, 0) is 19.3 Å². The number of hydrogen-bond donors (Lipinski definition) is 2. The molecular weight excluding hydrogens is 260 g/mol. The van der Waals surface area contributed by atoms with Gasteiger partial charge in [0.05, 0.1) is 11.1 Å². The fourth-order valence-corrected chi connectivity index (χ4v) is 2.09. The second-order valence-electron chi connectivity index (χ2n) is 5.16. The molecule has 7 heteroatoms. The fraction of sp³-hybridized carbons (Fsp3) is 0.615. The first kappa shape index (κ1) is 16.2. The van der Waals surface area contributed by atoms with Crippen molar-refractivity contribution in [2.45, 2.75) is 39.8 Å². The molecule has 7 nitrogen and oxygen atoms in total. The van der Waals surface area contributed by atoms with Gasteiger partial charge < -0.3 is 15.6 Å². The Morgan fingerprint density at radius 2 is 2.20 bits per heavy atom. The molecule has 0 aromatic carbocycles. The molecule has 0 aliphatic heterocycles. The summed E-state index contributed by atoms with van der Waals surface area (Å²) in [7, 11) is 0. The lowest BCUT2D eigenvalue weighted by Crippen LogP contribution is -2.41. The lowest BCUT2D eigenvalue weighted by Gasteiger charge is -2.19. The molecular formula is C13H22N4O3. The summed E-state index contributed by atoms with van der Waals surface area (Å²) in [6, 6.07) is 1.17. The summed E-state index contributed by atoms with van der Waals surface area (Å²) in [5.74, 6) is 0.0900. The quantitative estimate of drug-likeness (QED) is 0.584. The minimum atomic E-state index is -0.503. The van der Waals surface area contributed by atoms with E-state index in [0.717, 1.165) is 6.42 Å². The number of hydrogen-bond acceptors (Lipinski definition) is 4. The highest BCUT2D eigenvalue weighted by Gasteiger charge is 2.21. The first-order valence-corrected chi connectivity index (χ1v) is 6.74. The molecule has 1 aromatic rings. The van der Waals surface area contributed by atoms with Gasteiger partial charge in [-0.2, -0.15) is 0 Å². The molecule has 0 aliphatic carbocycles. The Labute approximate surface area is 118 Å². The molecule has 20 heavy (non-hydrogen) atoms. The molecule has 1 rings (SSSR count). The van der Waals surface area contributed by atoms with Crippen LogP contribution in [-0.2, 0) is 6.54 Å². The summed E-state index contributed by atoms with van der Waals surface area (Å²) in [6.45, 7) is 6.77. The standard InChI is InChI=1S/C13H22N4O3/c1-4-16-8-11(17(19)20)6-12(16)13(18)15-10(7-14)5-9(2)3/h6,8-10H,4-5,7,14H2,1-3H3,(H,15,18). The fourth-order valence-electron chi connectivity index (χ4n) is 2.09. The van der Waals surface area contributed by atoms with E-state index < -0.39 is 4.92 Å². The summed E-state index contributed by atoms with van der Waals surface area (Å²) < 4.78 is 1.57. The third-order valence-electron chi connectivity index (χ3n) is 3.04. The van der Waals surface area contributed by atoms with E-state index in [-0.39, 0.29) is 17.6 Å². The molecule has 1 heterocycles. The number of amides is 1. The number of nitrogens with one attached hydrogen (secondary N) is 1. The zero-order valence-corrected chi connectivity index (χ0v) is 12.1. The van der Waals surface area contributed by atoms with E-state index in [2.05, 4.69) is 5.32 Å². The number of nitrogens with zero attached hydrogens (tertiary/aromatic N) is 2. The molecule has 0 radical (unpaired) electrons. The normalized spacial score (nSPS) is 12.4. The Morgan fingerprint density at radius 3 is 2.65 bits per heavy atom. The monoisotopic (exact) mass is 282 g/mol. The van der Waals surface area contributed by atoms with Gasteiger partial charge in [0.15, 0.2) is 0 Å². The van der Waals surface area contributed by atoms with Gasteiger partial charge in [-0.25, -0.2) is 0 Å². The molecule has 0 fully saturated rings. The third-order valence-corrected chi connectivity index (χ3v) is 3.04. The smallest absolute Gasteiger partial charge is 0.287 e. The minimum absolute atomic E-state index is 0.0786. The molecule has 112 valence electrons. The first-order chi connectivity index (χ1) is 9.38. The Kier molecular flexibility index (Phi) is 5.69. The van der Waals surface area contributed by atoms with Gasteiger partial charge in [0.25, 0.3) is 11.6 Å². The maximum atomic E-state index is 12.2. The number of carbonyl (C=O) groups is 1. The predicted molar refractivity (Wildman–Crippen MR) is 76.5 cm³/mol. The average molecular weight is 282 g/mol. The highest BCUT2D eigenvalue weighted by atomic mass is 16.6. The van der Waals surface area contributed by atoms with E-state index in [4.69, 9.17) is 5.73 Å². The molecule has 1 atom stereocenters. The van der Waals surface area contributed by atoms with Gasteiger partial charge >= 0.3 is 0 Å². The molecule has 0 saturated carbocycles. The second-order valence-corrected chi connectivity index (χ2v) is 5.16. The number of nitrogens with two attached hydrogens (primary N) is 1. The van der Waals surface area contributed by atoms with Crippen LogP contribution < -0.4 is 11.1 Å². The van der Waals surface area contributed by atoms with Gasteiger partial charge in [-0.3, -0.25) is 14.9 Å². The van der Waals surface area contributed by atoms with Crippen molar-refractivity contribution in [1.82, 2.24) is 9.88 Å². The second kappa shape index (κ2) is 7.04. The highest BCUT2D eigenvalue weighted by Crippen LogP contribution is 2.17. The topological polar surface area (TPSA) is 103 Å². The van der Waals surface area contributed by atoms with Crippen LogP contribution in [0.2, 0.25) is 0 Å². The van der Waals surface area contributed by atoms with Crippen LogP contribution in [0.4, 0.5) is 5.69 Å². The van der Waals surface area contributed by atoms with Crippen molar-refractivity contribution >= 4 is 11.6 Å². The zero-order chi connectivity index (χ0) is 15.3. The molecule has 0 aliphatic rings. The zero-order valence-electron chi connectivity index (χ0n) is 12.1. The minimum Gasteiger partial charge on any atom is -0.347 e. The summed E-state index contributed by atoms with van der Waals surface area (Å²) in [5, 5.41) is 13.6. The van der Waals surface area contributed by atoms with Crippen LogP contribution in [0.5, 0.6) is 0 Å². The van der Waals surface area contributed by atoms with Crippen LogP contribution in [0, 0.1) is 16.0 Å². The van der Waals surface area contributed by atoms with Crippen LogP contribution in [0.15, 0.2) is 12.3 Å². The lowest BCUT2D eigenvalue weighted by molar-refractivity contribution is -0.384. The van der Waals surface area contributed by atoms with Crippen LogP contribution in [0.3, 0.4) is 0 Å². The van der Waals surface area contributed by atoms with Gasteiger partial charge in [-0.15, -0.1) is 0 Å². The summed E-state index contributed by atoms with van der Waals surface area (Å²) in [5.41, 5.74) is 5.86. The molecule has 1 amide bonds. The van der Waals surface area contributed by atoms with Crippen molar-refractivity contribution in [3.8, 4) is 0 Å². The van der Waals surface area contributed by atoms with Crippen molar-refractivity contribution in [2.24, 2.45) is 11.7 Å². The molecule has 1 aromatic heterocycles. The highest BCUT2D eigenvalue weighted by molar-refractivity contribution is 5.93. The summed E-state index contributed by atoms with van der Waals surface area (Å²) in [4.78, 5) is 22.5. The van der Waals surface area contributed by atoms with Gasteiger partial charge in [0.1, 0.15) is 5.69 Å². The van der Waals surface area contributed by atoms with Gasteiger partial charge in [0, 0.05) is 25.2 Å². The number of carbonyl (C=O) groups excluding carboxylic acids is 1. The predicted octanol–water partition coefficient (Wildman–Crippen LogP) is 1.52. The number of nitro groups is 1. The lowest BCUT2D eigenvalue weighted by atomic mass is 10.0. The van der Waals surface area contributed by atoms with Crippen LogP contribution >= 0.6 is 0 Å². The van der Waals surface area contributed by atoms with Crippen molar-refractivity contribution in [3.63, 3.8) is 0 Å². The van der Waals surface area contributed by atoms with Crippen molar-refractivity contribution < 1.29 is 9.72 Å². The Bertz CT molecular complexity index is 482. The Balaban J connectivity index is 2.88. The molecule has 0 spiro atoms. The van der Waals surface area contributed by atoms with Crippen LogP contribution in [-0.4, -0.2) is 28.0 Å². The van der Waals surface area contributed by atoms with Crippen molar-refractivity contribution in [2.75, 3.05) is 6.54 Å². The number of aromatic nitrogens is 1. The van der Waals surface area contributed by atoms with Crippen molar-refractivity contribution in [1.29, 1.82) is 0 Å². The number of rotatable bonds is 7.